The molecular formula is C25H19N5O4. The van der Waals surface area contributed by atoms with E-state index in [1.165, 1.54) is 0 Å². The van der Waals surface area contributed by atoms with E-state index < -0.39 is 0 Å². The second kappa shape index (κ2) is 8.04. The van der Waals surface area contributed by atoms with Crippen molar-refractivity contribution in [3.8, 4) is 11.5 Å². The van der Waals surface area contributed by atoms with Crippen LogP contribution in [0.1, 0.15) is 21.5 Å². The Balaban J connectivity index is 1.33. The van der Waals surface area contributed by atoms with Gasteiger partial charge in [-0.05, 0) is 41.5 Å². The molecule has 9 heteroatoms. The van der Waals surface area contributed by atoms with Crippen LogP contribution >= 0.6 is 0 Å². The third kappa shape index (κ3) is 3.43. The Kier molecular flexibility index (Phi) is 4.72. The van der Waals surface area contributed by atoms with Crippen LogP contribution in [-0.4, -0.2) is 31.9 Å². The molecule has 34 heavy (non-hydrogen) atoms. The molecule has 168 valence electrons. The Bertz CT molecular complexity index is 1610. The number of ether oxygens (including phenoxy) is 2. The molecule has 0 bridgehead atoms. The highest BCUT2D eigenvalue weighted by molar-refractivity contribution is 5.98. The monoisotopic (exact) mass is 453 g/mol. The summed E-state index contributed by atoms with van der Waals surface area (Å²) in [5.74, 6) is 1.52. The van der Waals surface area contributed by atoms with Gasteiger partial charge >= 0.3 is 0 Å². The fraction of sp³-hybridized carbons (Fsp3) is 0.120. The van der Waals surface area contributed by atoms with Gasteiger partial charge in [-0.25, -0.2) is 0 Å². The third-order valence-corrected chi connectivity index (χ3v) is 5.84. The van der Waals surface area contributed by atoms with E-state index in [9.17, 15) is 9.59 Å². The van der Waals surface area contributed by atoms with Crippen molar-refractivity contribution in [1.29, 1.82) is 0 Å². The molecule has 1 amide bonds. The number of hydrogen-bond donors (Lipinski definition) is 1. The van der Waals surface area contributed by atoms with Crippen LogP contribution in [-0.2, 0) is 13.1 Å². The van der Waals surface area contributed by atoms with Crippen LogP contribution in [0.3, 0.4) is 0 Å². The van der Waals surface area contributed by atoms with Crippen molar-refractivity contribution in [3.05, 3.63) is 100 Å². The molecular weight excluding hydrogens is 434 g/mol. The van der Waals surface area contributed by atoms with Crippen molar-refractivity contribution in [3.63, 3.8) is 0 Å². The Labute approximate surface area is 193 Å². The van der Waals surface area contributed by atoms with Crippen molar-refractivity contribution in [1.82, 2.24) is 24.5 Å². The molecule has 1 N–H and O–H groups in total. The summed E-state index contributed by atoms with van der Waals surface area (Å²) in [7, 11) is 0. The molecule has 1 aliphatic heterocycles. The van der Waals surface area contributed by atoms with E-state index in [4.69, 9.17) is 9.47 Å². The summed E-state index contributed by atoms with van der Waals surface area (Å²) >= 11 is 0. The van der Waals surface area contributed by atoms with Crippen LogP contribution < -0.4 is 20.3 Å². The normalized spacial score (nSPS) is 12.4. The average molecular weight is 453 g/mol. The lowest BCUT2D eigenvalue weighted by molar-refractivity contribution is 0.0951. The molecule has 0 unspecified atom stereocenters. The minimum Gasteiger partial charge on any atom is -0.454 e. The van der Waals surface area contributed by atoms with Gasteiger partial charge in [0.2, 0.25) is 12.6 Å². The van der Waals surface area contributed by atoms with Gasteiger partial charge in [-0.15, -0.1) is 10.2 Å². The van der Waals surface area contributed by atoms with E-state index in [0.29, 0.717) is 46.8 Å². The van der Waals surface area contributed by atoms with E-state index >= 15 is 0 Å². The molecule has 6 rings (SSSR count). The van der Waals surface area contributed by atoms with Gasteiger partial charge in [0.1, 0.15) is 6.33 Å². The van der Waals surface area contributed by atoms with Crippen molar-refractivity contribution in [2.75, 3.05) is 6.79 Å². The first-order valence-electron chi connectivity index (χ1n) is 10.7. The van der Waals surface area contributed by atoms with E-state index in [1.54, 1.807) is 33.5 Å². The van der Waals surface area contributed by atoms with Gasteiger partial charge < -0.3 is 14.8 Å². The van der Waals surface area contributed by atoms with Gasteiger partial charge in [-0.1, -0.05) is 36.4 Å². The van der Waals surface area contributed by atoms with Gasteiger partial charge in [-0.2, -0.15) is 0 Å². The molecule has 5 aromatic rings. The summed E-state index contributed by atoms with van der Waals surface area (Å²) in [6, 6.07) is 20.3. The number of carbonyl (C=O) groups excluding carboxylic acids is 1. The van der Waals surface area contributed by atoms with Crippen molar-refractivity contribution >= 4 is 22.6 Å². The molecule has 0 saturated carbocycles. The first kappa shape index (κ1) is 20.0. The molecule has 0 atom stereocenters. The first-order chi connectivity index (χ1) is 16.7. The van der Waals surface area contributed by atoms with Crippen LogP contribution in [0.25, 0.3) is 16.7 Å². The molecule has 0 aliphatic carbocycles. The van der Waals surface area contributed by atoms with Crippen LogP contribution in [0, 0.1) is 0 Å². The number of fused-ring (bicyclic) bond motifs is 4. The van der Waals surface area contributed by atoms with Crippen LogP contribution in [0.5, 0.6) is 11.5 Å². The number of nitrogens with zero attached hydrogens (tertiary/aromatic N) is 4. The Morgan fingerprint density at radius 3 is 2.71 bits per heavy atom. The smallest absolute Gasteiger partial charge is 0.263 e. The molecule has 2 aromatic heterocycles. The number of nitrogens with one attached hydrogen (secondary N) is 1. The fourth-order valence-electron chi connectivity index (χ4n) is 4.12. The molecule has 0 radical (unpaired) electrons. The predicted molar refractivity (Wildman–Crippen MR) is 124 cm³/mol. The molecule has 0 saturated heterocycles. The minimum atomic E-state index is -0.280. The number of hydrogen-bond acceptors (Lipinski definition) is 6. The zero-order valence-corrected chi connectivity index (χ0v) is 18.0. The average Bonchev–Trinajstić information content (AvgIpc) is 3.55. The summed E-state index contributed by atoms with van der Waals surface area (Å²) in [5, 5.41) is 11.5. The molecule has 1 aliphatic rings. The topological polar surface area (TPSA) is 99.8 Å². The quantitative estimate of drug-likeness (QED) is 0.439. The van der Waals surface area contributed by atoms with Crippen molar-refractivity contribution < 1.29 is 14.3 Å². The Hall–Kier alpha value is -4.66. The SMILES string of the molecule is O=C(NCc1ccc2c(c1)OCO2)c1ccc2c(c1)c(=O)n(Cc1ccccc1)c1nncn21. The van der Waals surface area contributed by atoms with Crippen LogP contribution in [0.15, 0.2) is 77.9 Å². The second-order valence-electron chi connectivity index (χ2n) is 7.98. The standard InChI is InChI=1S/C25H19N5O4/c31-23(26-12-17-6-9-21-22(10-17)34-15-33-21)18-7-8-20-19(11-18)24(32)29(25-28-27-14-30(20)25)13-16-4-2-1-3-5-16/h1-11,14H,12-13,15H2,(H,26,31). The summed E-state index contributed by atoms with van der Waals surface area (Å²) in [6.45, 7) is 0.859. The van der Waals surface area contributed by atoms with Gasteiger partial charge in [0.05, 0.1) is 17.4 Å². The number of rotatable bonds is 5. The maximum atomic E-state index is 13.4. The maximum absolute atomic E-state index is 13.4. The van der Waals surface area contributed by atoms with Gasteiger partial charge in [0, 0.05) is 12.1 Å². The lowest BCUT2D eigenvalue weighted by Crippen LogP contribution is -2.25. The summed E-state index contributed by atoms with van der Waals surface area (Å²) in [6.07, 6.45) is 1.57. The minimum absolute atomic E-state index is 0.198. The highest BCUT2D eigenvalue weighted by Crippen LogP contribution is 2.32. The lowest BCUT2D eigenvalue weighted by atomic mass is 10.1. The van der Waals surface area contributed by atoms with Crippen LogP contribution in [0.2, 0.25) is 0 Å². The maximum Gasteiger partial charge on any atom is 0.263 e. The zero-order chi connectivity index (χ0) is 23.1. The van der Waals surface area contributed by atoms with E-state index in [1.807, 2.05) is 48.5 Å². The number of carbonyl (C=O) groups is 1. The lowest BCUT2D eigenvalue weighted by Gasteiger charge is -2.11. The third-order valence-electron chi connectivity index (χ3n) is 5.84. The molecule has 3 aromatic carbocycles. The van der Waals surface area contributed by atoms with Gasteiger partial charge in [-0.3, -0.25) is 18.6 Å². The highest BCUT2D eigenvalue weighted by atomic mass is 16.7. The zero-order valence-electron chi connectivity index (χ0n) is 18.0. The summed E-state index contributed by atoms with van der Waals surface area (Å²) in [4.78, 5) is 26.3. The van der Waals surface area contributed by atoms with Crippen LogP contribution in [0.4, 0.5) is 0 Å². The van der Waals surface area contributed by atoms with Crippen molar-refractivity contribution in [2.24, 2.45) is 0 Å². The van der Waals surface area contributed by atoms with Gasteiger partial charge in [0.15, 0.2) is 11.5 Å². The molecule has 9 nitrogen and oxygen atoms in total. The second-order valence-corrected chi connectivity index (χ2v) is 7.98. The first-order valence-corrected chi connectivity index (χ1v) is 10.7. The van der Waals surface area contributed by atoms with E-state index in [2.05, 4.69) is 15.5 Å². The van der Waals surface area contributed by atoms with E-state index in [-0.39, 0.29) is 18.3 Å². The largest absolute Gasteiger partial charge is 0.454 e. The Morgan fingerprint density at radius 1 is 0.971 bits per heavy atom. The number of aromatic nitrogens is 4. The van der Waals surface area contributed by atoms with E-state index in [0.717, 1.165) is 11.1 Å². The Morgan fingerprint density at radius 2 is 1.82 bits per heavy atom. The van der Waals surface area contributed by atoms with Gasteiger partial charge in [0.25, 0.3) is 11.5 Å². The number of amides is 1. The summed E-state index contributed by atoms with van der Waals surface area (Å²) < 4.78 is 14.0. The molecule has 3 heterocycles. The highest BCUT2D eigenvalue weighted by Gasteiger charge is 2.16. The predicted octanol–water partition coefficient (Wildman–Crippen LogP) is 2.75. The molecule has 0 fully saturated rings. The molecule has 0 spiro atoms. The summed E-state index contributed by atoms with van der Waals surface area (Å²) in [5.41, 5.74) is 2.65. The number of benzene rings is 3. The van der Waals surface area contributed by atoms with Crippen molar-refractivity contribution in [2.45, 2.75) is 13.1 Å². The fourth-order valence-corrected chi connectivity index (χ4v) is 4.12.